The number of fused-ring (bicyclic) bond motifs is 1. The molecule has 27 heavy (non-hydrogen) atoms. The van der Waals surface area contributed by atoms with Gasteiger partial charge in [-0.2, -0.15) is 0 Å². The van der Waals surface area contributed by atoms with E-state index in [1.165, 1.54) is 11.1 Å². The average Bonchev–Trinajstić information content (AvgIpc) is 3.24. The van der Waals surface area contributed by atoms with Gasteiger partial charge in [0.15, 0.2) is 0 Å². The van der Waals surface area contributed by atoms with E-state index < -0.39 is 0 Å². The summed E-state index contributed by atoms with van der Waals surface area (Å²) >= 11 is 0. The van der Waals surface area contributed by atoms with Crippen LogP contribution in [0.15, 0.2) is 66.9 Å². The van der Waals surface area contributed by atoms with E-state index in [1.807, 2.05) is 17.0 Å². The molecule has 6 heteroatoms. The molecule has 0 spiro atoms. The lowest BCUT2D eigenvalue weighted by molar-refractivity contribution is 0.102. The van der Waals surface area contributed by atoms with Crippen molar-refractivity contribution in [2.24, 2.45) is 0 Å². The van der Waals surface area contributed by atoms with Crippen molar-refractivity contribution in [3.05, 3.63) is 83.7 Å². The lowest BCUT2D eigenvalue weighted by Crippen LogP contribution is -2.38. The molecule has 136 valence electrons. The molecule has 0 saturated carbocycles. The van der Waals surface area contributed by atoms with Crippen molar-refractivity contribution in [2.75, 3.05) is 17.2 Å². The Morgan fingerprint density at radius 3 is 2.26 bits per heavy atom. The summed E-state index contributed by atoms with van der Waals surface area (Å²) in [5, 5.41) is 5.72. The maximum absolute atomic E-state index is 12.5. The van der Waals surface area contributed by atoms with Gasteiger partial charge in [-0.05, 0) is 53.9 Å². The van der Waals surface area contributed by atoms with Crippen molar-refractivity contribution in [1.29, 1.82) is 0 Å². The number of amides is 3. The Bertz CT molecular complexity index is 949. The first kappa shape index (κ1) is 16.9. The topological polar surface area (TPSA) is 77.2 Å². The first-order valence-electron chi connectivity index (χ1n) is 8.86. The fourth-order valence-corrected chi connectivity index (χ4v) is 3.18. The van der Waals surface area contributed by atoms with E-state index in [0.29, 0.717) is 30.2 Å². The molecule has 0 aliphatic carbocycles. The summed E-state index contributed by atoms with van der Waals surface area (Å²) in [5.74, 6) is -0.205. The van der Waals surface area contributed by atoms with Gasteiger partial charge in [0.25, 0.3) is 5.91 Å². The number of hydrogen-bond acceptors (Lipinski definition) is 2. The molecule has 0 bridgehead atoms. The van der Waals surface area contributed by atoms with Crippen molar-refractivity contribution >= 4 is 23.3 Å². The first-order chi connectivity index (χ1) is 13.2. The van der Waals surface area contributed by atoms with Crippen molar-refractivity contribution < 1.29 is 9.59 Å². The minimum Gasteiger partial charge on any atom is -0.357 e. The quantitative estimate of drug-likeness (QED) is 0.663. The molecule has 3 amide bonds. The molecule has 3 N–H and O–H groups in total. The summed E-state index contributed by atoms with van der Waals surface area (Å²) < 4.78 is 0. The van der Waals surface area contributed by atoms with Crippen LogP contribution in [-0.2, 0) is 13.0 Å². The summed E-state index contributed by atoms with van der Waals surface area (Å²) in [6.07, 6.45) is 2.57. The number of aromatic nitrogens is 1. The molecule has 0 saturated heterocycles. The Morgan fingerprint density at radius 2 is 1.56 bits per heavy atom. The highest BCUT2D eigenvalue weighted by Gasteiger charge is 2.20. The Balaban J connectivity index is 1.36. The number of H-pyrrole nitrogens is 1. The van der Waals surface area contributed by atoms with Gasteiger partial charge in [-0.25, -0.2) is 4.79 Å². The van der Waals surface area contributed by atoms with Crippen molar-refractivity contribution in [3.63, 3.8) is 0 Å². The van der Waals surface area contributed by atoms with E-state index in [0.717, 1.165) is 6.42 Å². The molecular formula is C21H20N4O2. The van der Waals surface area contributed by atoms with Gasteiger partial charge in [-0.3, -0.25) is 4.79 Å². The van der Waals surface area contributed by atoms with E-state index in [4.69, 9.17) is 0 Å². The third kappa shape index (κ3) is 3.84. The summed E-state index contributed by atoms with van der Waals surface area (Å²) in [6, 6.07) is 18.7. The minimum atomic E-state index is -0.205. The lowest BCUT2D eigenvalue weighted by Gasteiger charge is -2.29. The zero-order valence-electron chi connectivity index (χ0n) is 14.7. The van der Waals surface area contributed by atoms with Gasteiger partial charge in [0.1, 0.15) is 5.69 Å². The van der Waals surface area contributed by atoms with Crippen LogP contribution in [0, 0.1) is 0 Å². The van der Waals surface area contributed by atoms with Gasteiger partial charge in [0.2, 0.25) is 0 Å². The number of anilines is 2. The van der Waals surface area contributed by atoms with Gasteiger partial charge in [-0.15, -0.1) is 0 Å². The van der Waals surface area contributed by atoms with Crippen LogP contribution < -0.4 is 10.6 Å². The number of nitrogens with zero attached hydrogens (tertiary/aromatic N) is 1. The number of urea groups is 1. The van der Waals surface area contributed by atoms with Crippen LogP contribution in [-0.4, -0.2) is 28.4 Å². The van der Waals surface area contributed by atoms with Crippen LogP contribution in [0.25, 0.3) is 0 Å². The molecule has 2 heterocycles. The number of nitrogens with one attached hydrogen (secondary N) is 3. The molecule has 0 unspecified atom stereocenters. The second-order valence-corrected chi connectivity index (χ2v) is 6.49. The number of rotatable bonds is 3. The molecule has 4 rings (SSSR count). The fraction of sp³-hybridized carbons (Fsp3) is 0.143. The molecule has 6 nitrogen and oxygen atoms in total. The number of carbonyl (C=O) groups excluding carboxylic acids is 2. The second kappa shape index (κ2) is 7.37. The highest BCUT2D eigenvalue weighted by molar-refractivity contribution is 6.03. The average molecular weight is 360 g/mol. The predicted octanol–water partition coefficient (Wildman–Crippen LogP) is 3.86. The largest absolute Gasteiger partial charge is 0.357 e. The van der Waals surface area contributed by atoms with Gasteiger partial charge >= 0.3 is 6.03 Å². The summed E-state index contributed by atoms with van der Waals surface area (Å²) in [6.45, 7) is 1.32. The molecular weight excluding hydrogens is 340 g/mol. The second-order valence-electron chi connectivity index (χ2n) is 6.49. The first-order valence-corrected chi connectivity index (χ1v) is 8.86. The van der Waals surface area contributed by atoms with Crippen LogP contribution >= 0.6 is 0 Å². The zero-order valence-corrected chi connectivity index (χ0v) is 14.7. The van der Waals surface area contributed by atoms with E-state index in [1.54, 1.807) is 42.6 Å². The van der Waals surface area contributed by atoms with Crippen molar-refractivity contribution in [2.45, 2.75) is 13.0 Å². The molecule has 1 aliphatic heterocycles. The van der Waals surface area contributed by atoms with Crippen LogP contribution in [0.5, 0.6) is 0 Å². The molecule has 0 radical (unpaired) electrons. The van der Waals surface area contributed by atoms with Crippen LogP contribution in [0.3, 0.4) is 0 Å². The molecule has 1 aromatic heterocycles. The Labute approximate surface area is 157 Å². The lowest BCUT2D eigenvalue weighted by atomic mass is 10.0. The molecule has 0 atom stereocenters. The fourth-order valence-electron chi connectivity index (χ4n) is 3.18. The predicted molar refractivity (Wildman–Crippen MR) is 105 cm³/mol. The molecule has 3 aromatic rings. The number of hydrogen-bond donors (Lipinski definition) is 3. The van der Waals surface area contributed by atoms with E-state index in [9.17, 15) is 9.59 Å². The monoisotopic (exact) mass is 360 g/mol. The van der Waals surface area contributed by atoms with Crippen LogP contribution in [0.2, 0.25) is 0 Å². The van der Waals surface area contributed by atoms with E-state index in [2.05, 4.69) is 27.8 Å². The number of aromatic amines is 1. The third-order valence-corrected chi connectivity index (χ3v) is 4.65. The smallest absolute Gasteiger partial charge is 0.322 e. The Morgan fingerprint density at radius 1 is 0.852 bits per heavy atom. The Kier molecular flexibility index (Phi) is 4.61. The molecule has 0 fully saturated rings. The van der Waals surface area contributed by atoms with Crippen molar-refractivity contribution in [1.82, 2.24) is 9.88 Å². The number of carbonyl (C=O) groups is 2. The van der Waals surface area contributed by atoms with Gasteiger partial charge in [-0.1, -0.05) is 24.3 Å². The summed E-state index contributed by atoms with van der Waals surface area (Å²) in [7, 11) is 0. The maximum Gasteiger partial charge on any atom is 0.322 e. The molecule has 1 aliphatic rings. The summed E-state index contributed by atoms with van der Waals surface area (Å²) in [4.78, 5) is 29.2. The standard InChI is InChI=1S/C21H20N4O2/c26-20(19-6-3-12-22-19)23-17-7-9-18(10-8-17)24-21(27)25-13-11-15-4-1-2-5-16(15)14-25/h1-10,12,22H,11,13-14H2,(H,23,26)(H,24,27). The zero-order chi connectivity index (χ0) is 18.6. The van der Waals surface area contributed by atoms with Gasteiger partial charge in [0, 0.05) is 30.7 Å². The third-order valence-electron chi connectivity index (χ3n) is 4.65. The maximum atomic E-state index is 12.5. The summed E-state index contributed by atoms with van der Waals surface area (Å²) in [5.41, 5.74) is 4.36. The van der Waals surface area contributed by atoms with E-state index >= 15 is 0 Å². The Hall–Kier alpha value is -3.54. The highest BCUT2D eigenvalue weighted by atomic mass is 16.2. The normalized spacial score (nSPS) is 13.0. The SMILES string of the molecule is O=C(Nc1ccc(NC(=O)N2CCc3ccccc3C2)cc1)c1ccc[nH]1. The van der Waals surface area contributed by atoms with Gasteiger partial charge in [0.05, 0.1) is 0 Å². The van der Waals surface area contributed by atoms with Crippen LogP contribution in [0.4, 0.5) is 16.2 Å². The molecule has 2 aromatic carbocycles. The van der Waals surface area contributed by atoms with Crippen LogP contribution in [0.1, 0.15) is 21.6 Å². The van der Waals surface area contributed by atoms with Crippen molar-refractivity contribution in [3.8, 4) is 0 Å². The highest BCUT2D eigenvalue weighted by Crippen LogP contribution is 2.20. The van der Waals surface area contributed by atoms with Gasteiger partial charge < -0.3 is 20.5 Å². The number of benzene rings is 2. The minimum absolute atomic E-state index is 0.118. The van der Waals surface area contributed by atoms with E-state index in [-0.39, 0.29) is 11.9 Å².